The Kier molecular flexibility index (Phi) is 5.82. The molecule has 4 heteroatoms. The van der Waals surface area contributed by atoms with Crippen molar-refractivity contribution in [3.63, 3.8) is 0 Å². The molecule has 0 aliphatic carbocycles. The molecule has 3 heterocycles. The molecule has 0 amide bonds. The number of rotatable bonds is 4. The summed E-state index contributed by atoms with van der Waals surface area (Å²) in [6.07, 6.45) is 2.27. The molecule has 4 nitrogen and oxygen atoms in total. The molecule has 1 atom stereocenters. The van der Waals surface area contributed by atoms with Crippen LogP contribution in [-0.4, -0.2) is 11.1 Å². The summed E-state index contributed by atoms with van der Waals surface area (Å²) < 4.78 is 2.34. The second-order valence-electron chi connectivity index (χ2n) is 11.8. The number of benzene rings is 6. The van der Waals surface area contributed by atoms with Crippen molar-refractivity contribution in [2.24, 2.45) is 0 Å². The number of anilines is 5. The molecular formula is C41H32N4. The third kappa shape index (κ3) is 3.92. The fraction of sp³-hybridized carbons (Fsp3) is 0.0732. The number of hydrogen-bond acceptors (Lipinski definition) is 3. The molecule has 0 spiro atoms. The molecule has 2 aliphatic heterocycles. The zero-order valence-electron chi connectivity index (χ0n) is 25.1. The minimum atomic E-state index is 0.0655. The predicted octanol–water partition coefficient (Wildman–Crippen LogP) is 10.7. The van der Waals surface area contributed by atoms with Crippen LogP contribution >= 0.6 is 0 Å². The van der Waals surface area contributed by atoms with Gasteiger partial charge in [0.2, 0.25) is 0 Å². The van der Waals surface area contributed by atoms with Crippen LogP contribution in [0.5, 0.6) is 0 Å². The van der Waals surface area contributed by atoms with E-state index in [1.807, 2.05) is 0 Å². The zero-order valence-corrected chi connectivity index (χ0v) is 25.1. The van der Waals surface area contributed by atoms with Crippen molar-refractivity contribution in [1.82, 2.24) is 4.57 Å². The second-order valence-corrected chi connectivity index (χ2v) is 11.8. The van der Waals surface area contributed by atoms with Crippen molar-refractivity contribution in [3.05, 3.63) is 157 Å². The lowest BCUT2D eigenvalue weighted by Gasteiger charge is -2.30. The van der Waals surface area contributed by atoms with E-state index >= 15 is 0 Å². The Hall–Kier alpha value is -5.74. The summed E-state index contributed by atoms with van der Waals surface area (Å²) in [7, 11) is 0. The largest absolute Gasteiger partial charge is 0.360 e. The van der Waals surface area contributed by atoms with Gasteiger partial charge in [0.1, 0.15) is 6.17 Å². The summed E-state index contributed by atoms with van der Waals surface area (Å²) in [5.74, 6) is 0. The van der Waals surface area contributed by atoms with Crippen LogP contribution in [0.15, 0.2) is 152 Å². The number of para-hydroxylation sites is 5. The highest BCUT2D eigenvalue weighted by Gasteiger charge is 2.31. The number of aromatic nitrogens is 1. The van der Waals surface area contributed by atoms with Crippen LogP contribution < -0.4 is 15.1 Å². The van der Waals surface area contributed by atoms with Crippen LogP contribution in [0.3, 0.4) is 0 Å². The second kappa shape index (κ2) is 10.2. The fourth-order valence-corrected chi connectivity index (χ4v) is 7.38. The lowest BCUT2D eigenvalue weighted by atomic mass is 9.92. The first kappa shape index (κ1) is 25.7. The van der Waals surface area contributed by atoms with E-state index in [4.69, 9.17) is 0 Å². The molecule has 1 aromatic heterocycles. The first-order valence-corrected chi connectivity index (χ1v) is 15.7. The van der Waals surface area contributed by atoms with Crippen LogP contribution in [0.4, 0.5) is 28.4 Å². The molecule has 0 bridgehead atoms. The topological polar surface area (TPSA) is 23.4 Å². The van der Waals surface area contributed by atoms with Crippen LogP contribution in [0.25, 0.3) is 38.8 Å². The lowest BCUT2D eigenvalue weighted by Crippen LogP contribution is -2.27. The fourth-order valence-electron chi connectivity index (χ4n) is 7.38. The number of hydrogen-bond donors (Lipinski definition) is 1. The van der Waals surface area contributed by atoms with Gasteiger partial charge in [-0.1, -0.05) is 91.0 Å². The highest BCUT2D eigenvalue weighted by molar-refractivity contribution is 6.11. The lowest BCUT2D eigenvalue weighted by molar-refractivity contribution is 0.735. The van der Waals surface area contributed by atoms with Gasteiger partial charge >= 0.3 is 0 Å². The number of nitrogens with one attached hydrogen (secondary N) is 1. The molecular weight excluding hydrogens is 548 g/mol. The quantitative estimate of drug-likeness (QED) is 0.224. The van der Waals surface area contributed by atoms with Gasteiger partial charge < -0.3 is 19.7 Å². The van der Waals surface area contributed by atoms with Crippen molar-refractivity contribution in [3.8, 4) is 27.9 Å². The Morgan fingerprint density at radius 1 is 0.578 bits per heavy atom. The maximum atomic E-state index is 3.79. The highest BCUT2D eigenvalue weighted by atomic mass is 15.3. The Bertz CT molecular complexity index is 2210. The molecule has 0 radical (unpaired) electrons. The summed E-state index contributed by atoms with van der Waals surface area (Å²) in [5, 5.41) is 5.02. The molecule has 216 valence electrons. The van der Waals surface area contributed by atoms with E-state index in [0.29, 0.717) is 0 Å². The Balaban J connectivity index is 1.27. The third-order valence-corrected chi connectivity index (χ3v) is 9.34. The van der Waals surface area contributed by atoms with E-state index in [1.165, 1.54) is 61.5 Å². The third-order valence-electron chi connectivity index (χ3n) is 9.34. The average Bonchev–Trinajstić information content (AvgIpc) is 3.68. The molecule has 1 N–H and O–H groups in total. The maximum absolute atomic E-state index is 3.79. The molecule has 6 aromatic carbocycles. The van der Waals surface area contributed by atoms with Gasteiger partial charge in [-0.15, -0.1) is 0 Å². The van der Waals surface area contributed by atoms with Crippen LogP contribution in [0.1, 0.15) is 18.7 Å². The van der Waals surface area contributed by atoms with E-state index < -0.39 is 0 Å². The Morgan fingerprint density at radius 3 is 2.09 bits per heavy atom. The standard InChI is InChI=1S/C41H32N4/c1-2-43-38-22-11-8-19-35(38)42-41(43)29-13-12-16-31(27-29)45-36-20-9-6-17-32(36)33-24-23-28-25-26-44(30-14-4-3-5-15-30)40(28)39(33)34-18-7-10-21-37(34)45/h3-27,41-42H,2H2,1H3. The van der Waals surface area contributed by atoms with Crippen molar-refractivity contribution < 1.29 is 0 Å². The van der Waals surface area contributed by atoms with Crippen molar-refractivity contribution in [1.29, 1.82) is 0 Å². The average molecular weight is 581 g/mol. The monoisotopic (exact) mass is 580 g/mol. The number of nitrogens with zero attached hydrogens (tertiary/aromatic N) is 3. The summed E-state index contributed by atoms with van der Waals surface area (Å²) >= 11 is 0. The first-order chi connectivity index (χ1) is 22.3. The van der Waals surface area contributed by atoms with Gasteiger partial charge in [-0.3, -0.25) is 0 Å². The smallest absolute Gasteiger partial charge is 0.126 e. The van der Waals surface area contributed by atoms with Gasteiger partial charge in [-0.05, 0) is 72.6 Å². The summed E-state index contributed by atoms with van der Waals surface area (Å²) in [6.45, 7) is 3.14. The van der Waals surface area contributed by atoms with E-state index in [2.05, 4.69) is 178 Å². The van der Waals surface area contributed by atoms with E-state index in [-0.39, 0.29) is 6.17 Å². The summed E-state index contributed by atoms with van der Waals surface area (Å²) in [6, 6.07) is 52.8. The molecule has 7 aromatic rings. The Labute approximate surface area is 263 Å². The van der Waals surface area contributed by atoms with Gasteiger partial charge in [0.25, 0.3) is 0 Å². The predicted molar refractivity (Wildman–Crippen MR) is 188 cm³/mol. The molecule has 0 fully saturated rings. The van der Waals surface area contributed by atoms with Crippen molar-refractivity contribution in [2.75, 3.05) is 21.7 Å². The molecule has 1 unspecified atom stereocenters. The summed E-state index contributed by atoms with van der Waals surface area (Å²) in [4.78, 5) is 4.90. The van der Waals surface area contributed by atoms with Gasteiger partial charge in [0.15, 0.2) is 0 Å². The first-order valence-electron chi connectivity index (χ1n) is 15.7. The molecule has 45 heavy (non-hydrogen) atoms. The molecule has 2 aliphatic rings. The van der Waals surface area contributed by atoms with Crippen LogP contribution in [0, 0.1) is 0 Å². The molecule has 9 rings (SSSR count). The van der Waals surface area contributed by atoms with E-state index in [1.54, 1.807) is 0 Å². The van der Waals surface area contributed by atoms with Crippen molar-refractivity contribution >= 4 is 39.3 Å². The van der Waals surface area contributed by atoms with E-state index in [9.17, 15) is 0 Å². The minimum absolute atomic E-state index is 0.0655. The zero-order chi connectivity index (χ0) is 29.9. The van der Waals surface area contributed by atoms with Gasteiger partial charge in [-0.2, -0.15) is 0 Å². The normalized spacial score (nSPS) is 14.7. The van der Waals surface area contributed by atoms with Crippen molar-refractivity contribution in [2.45, 2.75) is 13.1 Å². The maximum Gasteiger partial charge on any atom is 0.126 e. The van der Waals surface area contributed by atoms with Crippen LogP contribution in [-0.2, 0) is 0 Å². The summed E-state index contributed by atoms with van der Waals surface area (Å²) in [5.41, 5.74) is 14.5. The van der Waals surface area contributed by atoms with E-state index in [0.717, 1.165) is 17.9 Å². The Morgan fingerprint density at radius 2 is 1.27 bits per heavy atom. The number of fused-ring (bicyclic) bond motifs is 8. The van der Waals surface area contributed by atoms with Gasteiger partial charge in [0.05, 0.1) is 28.3 Å². The molecule has 0 saturated carbocycles. The SMILES string of the molecule is CCN1c2ccccc2NC1c1cccc(N2c3ccccc3-c3ccc4ccn(-c5ccccc5)c4c3-c3ccccc32)c1. The van der Waals surface area contributed by atoms with Gasteiger partial charge in [0, 0.05) is 46.2 Å². The minimum Gasteiger partial charge on any atom is -0.360 e. The van der Waals surface area contributed by atoms with Crippen LogP contribution in [0.2, 0.25) is 0 Å². The highest BCUT2D eigenvalue weighted by Crippen LogP contribution is 2.53. The molecule has 0 saturated heterocycles. The van der Waals surface area contributed by atoms with Gasteiger partial charge in [-0.25, -0.2) is 0 Å².